The number of aliphatic hydroxyl groups is 1. The zero-order valence-corrected chi connectivity index (χ0v) is 17.4. The molecular formula is C20H31N3O4S. The smallest absolute Gasteiger partial charge is 0.214 e. The van der Waals surface area contributed by atoms with Crippen LogP contribution in [0.2, 0.25) is 0 Å². The average molecular weight is 410 g/mol. The minimum absolute atomic E-state index is 0.0283. The molecular weight excluding hydrogens is 378 g/mol. The number of nitrogen functional groups attached to an aromatic ring is 1. The Hall–Kier alpha value is -1.48. The molecule has 2 saturated carbocycles. The molecule has 0 amide bonds. The van der Waals surface area contributed by atoms with E-state index in [4.69, 9.17) is 19.9 Å². The lowest BCUT2D eigenvalue weighted by atomic mass is 9.83. The predicted octanol–water partition coefficient (Wildman–Crippen LogP) is 2.55. The Labute approximate surface area is 171 Å². The molecule has 1 aromatic rings. The van der Waals surface area contributed by atoms with Crippen molar-refractivity contribution in [1.29, 1.82) is 0 Å². The van der Waals surface area contributed by atoms with E-state index in [1.165, 1.54) is 11.8 Å². The van der Waals surface area contributed by atoms with Gasteiger partial charge in [-0.2, -0.15) is 0 Å². The predicted molar refractivity (Wildman–Crippen MR) is 110 cm³/mol. The molecule has 0 saturated heterocycles. The molecule has 4 N–H and O–H groups in total. The number of thioether (sulfide) groups is 1. The Balaban J connectivity index is 1.39. The number of rotatable bonds is 11. The maximum absolute atomic E-state index is 9.34. The van der Waals surface area contributed by atoms with Crippen molar-refractivity contribution in [2.45, 2.75) is 62.0 Å². The standard InChI is InChI=1S/C20H31N3O4S/c1-12(22-3)10-25-16-6-14(7-16)11-26-19-5-4-18(21)20(23-19)28-13(2)27-17-8-15(24)9-17/h4-5,12,14-17,22,24H,2,6-11,21H2,1,3H3. The monoisotopic (exact) mass is 409 g/mol. The number of hydrogen-bond donors (Lipinski definition) is 3. The van der Waals surface area contributed by atoms with Crippen LogP contribution in [0.1, 0.15) is 32.6 Å². The molecule has 8 heteroatoms. The summed E-state index contributed by atoms with van der Waals surface area (Å²) in [6.45, 7) is 7.38. The topological polar surface area (TPSA) is 98.9 Å². The molecule has 3 rings (SSSR count). The summed E-state index contributed by atoms with van der Waals surface area (Å²) in [7, 11) is 1.94. The molecule has 2 aliphatic carbocycles. The van der Waals surface area contributed by atoms with Crippen molar-refractivity contribution in [3.63, 3.8) is 0 Å². The highest BCUT2D eigenvalue weighted by molar-refractivity contribution is 8.02. The summed E-state index contributed by atoms with van der Waals surface area (Å²) in [6, 6.07) is 3.95. The molecule has 156 valence electrons. The molecule has 0 aromatic carbocycles. The third-order valence-corrected chi connectivity index (χ3v) is 6.02. The SMILES string of the molecule is C=C(OC1CC(O)C1)Sc1nc(OCC2CC(OCC(C)NC)C2)ccc1N. The van der Waals surface area contributed by atoms with Gasteiger partial charge in [0.05, 0.1) is 31.1 Å². The van der Waals surface area contributed by atoms with E-state index in [1.807, 2.05) is 7.05 Å². The van der Waals surface area contributed by atoms with Gasteiger partial charge in [0, 0.05) is 24.9 Å². The lowest BCUT2D eigenvalue weighted by Gasteiger charge is -2.35. The second kappa shape index (κ2) is 9.82. The van der Waals surface area contributed by atoms with Crippen LogP contribution in [0.25, 0.3) is 0 Å². The van der Waals surface area contributed by atoms with E-state index in [2.05, 4.69) is 23.8 Å². The molecule has 28 heavy (non-hydrogen) atoms. The highest BCUT2D eigenvalue weighted by atomic mass is 32.2. The van der Waals surface area contributed by atoms with Crippen LogP contribution in [-0.4, -0.2) is 54.7 Å². The Morgan fingerprint density at radius 2 is 2.11 bits per heavy atom. The normalized spacial score (nSPS) is 27.4. The van der Waals surface area contributed by atoms with Crippen LogP contribution in [-0.2, 0) is 9.47 Å². The van der Waals surface area contributed by atoms with E-state index in [9.17, 15) is 5.11 Å². The first-order valence-electron chi connectivity index (χ1n) is 9.82. The molecule has 7 nitrogen and oxygen atoms in total. The van der Waals surface area contributed by atoms with Crippen molar-refractivity contribution < 1.29 is 19.3 Å². The third kappa shape index (κ3) is 6.01. The van der Waals surface area contributed by atoms with Crippen molar-refractivity contribution in [2.24, 2.45) is 5.92 Å². The summed E-state index contributed by atoms with van der Waals surface area (Å²) in [6.07, 6.45) is 3.43. The molecule has 2 aliphatic rings. The summed E-state index contributed by atoms with van der Waals surface area (Å²) < 4.78 is 17.4. The minimum Gasteiger partial charge on any atom is -0.484 e. The second-order valence-electron chi connectivity index (χ2n) is 7.68. The van der Waals surface area contributed by atoms with Crippen LogP contribution in [0.3, 0.4) is 0 Å². The molecule has 0 aliphatic heterocycles. The van der Waals surface area contributed by atoms with Gasteiger partial charge in [0.1, 0.15) is 11.1 Å². The van der Waals surface area contributed by atoms with E-state index >= 15 is 0 Å². The van der Waals surface area contributed by atoms with Crippen LogP contribution in [0.4, 0.5) is 5.69 Å². The highest BCUT2D eigenvalue weighted by Gasteiger charge is 2.31. The number of ether oxygens (including phenoxy) is 3. The number of anilines is 1. The van der Waals surface area contributed by atoms with E-state index in [1.54, 1.807) is 12.1 Å². The van der Waals surface area contributed by atoms with E-state index in [0.717, 1.165) is 19.4 Å². The quantitative estimate of drug-likeness (QED) is 0.379. The Kier molecular flexibility index (Phi) is 7.45. The number of aliphatic hydroxyl groups excluding tert-OH is 1. The zero-order valence-electron chi connectivity index (χ0n) is 16.6. The number of nitrogens with one attached hydrogen (secondary N) is 1. The Morgan fingerprint density at radius 3 is 2.79 bits per heavy atom. The fraction of sp³-hybridized carbons (Fsp3) is 0.650. The van der Waals surface area contributed by atoms with Gasteiger partial charge in [0.25, 0.3) is 0 Å². The van der Waals surface area contributed by atoms with Crippen molar-refractivity contribution in [3.05, 3.63) is 23.8 Å². The lowest BCUT2D eigenvalue weighted by Crippen LogP contribution is -2.38. The molecule has 1 atom stereocenters. The Bertz CT molecular complexity index is 663. The number of pyridine rings is 1. The third-order valence-electron chi connectivity index (χ3n) is 5.18. The van der Waals surface area contributed by atoms with Crippen molar-refractivity contribution in [1.82, 2.24) is 10.3 Å². The molecule has 0 bridgehead atoms. The Morgan fingerprint density at radius 1 is 1.36 bits per heavy atom. The van der Waals surface area contributed by atoms with Gasteiger partial charge >= 0.3 is 0 Å². The van der Waals surface area contributed by atoms with E-state index in [0.29, 0.717) is 59.2 Å². The maximum atomic E-state index is 9.34. The summed E-state index contributed by atoms with van der Waals surface area (Å²) in [5.41, 5.74) is 6.58. The summed E-state index contributed by atoms with van der Waals surface area (Å²) in [4.78, 5) is 4.48. The van der Waals surface area contributed by atoms with Gasteiger partial charge in [0.2, 0.25) is 5.88 Å². The number of hydrogen-bond acceptors (Lipinski definition) is 8. The van der Waals surface area contributed by atoms with E-state index < -0.39 is 0 Å². The van der Waals surface area contributed by atoms with Crippen molar-refractivity contribution in [2.75, 3.05) is 26.0 Å². The van der Waals surface area contributed by atoms with Crippen LogP contribution in [0.15, 0.2) is 28.8 Å². The zero-order chi connectivity index (χ0) is 20.1. The molecule has 1 heterocycles. The van der Waals surface area contributed by atoms with Gasteiger partial charge in [-0.1, -0.05) is 0 Å². The largest absolute Gasteiger partial charge is 0.484 e. The number of likely N-dealkylation sites (N-methyl/N-ethyl adjacent to an activating group) is 1. The summed E-state index contributed by atoms with van der Waals surface area (Å²) in [5, 5.41) is 13.7. The van der Waals surface area contributed by atoms with Crippen LogP contribution in [0, 0.1) is 5.92 Å². The number of nitrogens with zero attached hydrogens (tertiary/aromatic N) is 1. The van der Waals surface area contributed by atoms with Gasteiger partial charge < -0.3 is 30.4 Å². The fourth-order valence-corrected chi connectivity index (χ4v) is 3.78. The van der Waals surface area contributed by atoms with E-state index in [-0.39, 0.29) is 12.2 Å². The average Bonchev–Trinajstić information content (AvgIpc) is 2.60. The first-order chi connectivity index (χ1) is 13.4. The highest BCUT2D eigenvalue weighted by Crippen LogP contribution is 2.35. The fourth-order valence-electron chi connectivity index (χ4n) is 3.06. The first-order valence-corrected chi connectivity index (χ1v) is 10.6. The second-order valence-corrected chi connectivity index (χ2v) is 8.72. The van der Waals surface area contributed by atoms with Gasteiger partial charge in [0.15, 0.2) is 5.09 Å². The minimum atomic E-state index is -0.258. The van der Waals surface area contributed by atoms with Crippen molar-refractivity contribution in [3.8, 4) is 5.88 Å². The van der Waals surface area contributed by atoms with Gasteiger partial charge in [-0.25, -0.2) is 4.98 Å². The van der Waals surface area contributed by atoms with Crippen LogP contribution >= 0.6 is 11.8 Å². The number of nitrogens with two attached hydrogens (primary N) is 1. The van der Waals surface area contributed by atoms with Gasteiger partial charge in [-0.05, 0) is 57.1 Å². The number of aromatic nitrogens is 1. The molecule has 1 aromatic heterocycles. The summed E-state index contributed by atoms with van der Waals surface area (Å²) >= 11 is 1.29. The molecule has 0 radical (unpaired) electrons. The lowest BCUT2D eigenvalue weighted by molar-refractivity contribution is -0.0474. The summed E-state index contributed by atoms with van der Waals surface area (Å²) in [5.74, 6) is 1.05. The maximum Gasteiger partial charge on any atom is 0.214 e. The molecule has 1 unspecified atom stereocenters. The molecule has 2 fully saturated rings. The first kappa shape index (κ1) is 21.2. The van der Waals surface area contributed by atoms with Crippen LogP contribution < -0.4 is 15.8 Å². The molecule has 0 spiro atoms. The van der Waals surface area contributed by atoms with Gasteiger partial charge in [-0.3, -0.25) is 0 Å². The van der Waals surface area contributed by atoms with Crippen molar-refractivity contribution >= 4 is 17.4 Å². The van der Waals surface area contributed by atoms with Crippen LogP contribution in [0.5, 0.6) is 5.88 Å². The van der Waals surface area contributed by atoms with Gasteiger partial charge in [-0.15, -0.1) is 0 Å².